The van der Waals surface area contributed by atoms with E-state index in [0.29, 0.717) is 13.2 Å². The number of hydrogen-bond donors (Lipinski definition) is 1. The molecule has 0 bridgehead atoms. The van der Waals surface area contributed by atoms with Crippen LogP contribution in [-0.4, -0.2) is 13.1 Å². The molecule has 2 rings (SSSR count). The molecule has 0 aliphatic rings. The molecule has 0 unspecified atom stereocenters. The topological polar surface area (TPSA) is 21.3 Å². The van der Waals surface area contributed by atoms with Crippen LogP contribution in [0.25, 0.3) is 0 Å². The fourth-order valence-electron chi connectivity index (χ4n) is 1.88. The first-order chi connectivity index (χ1) is 9.38. The Kier molecular flexibility index (Phi) is 6.08. The highest BCUT2D eigenvalue weighted by Gasteiger charge is 1.97. The van der Waals surface area contributed by atoms with Crippen LogP contribution in [-0.2, 0) is 24.4 Å². The monoisotopic (exact) mass is 275 g/mol. The minimum absolute atomic E-state index is 0.686. The van der Waals surface area contributed by atoms with Crippen molar-refractivity contribution in [1.29, 1.82) is 0 Å². The van der Waals surface area contributed by atoms with Gasteiger partial charge in [-0.05, 0) is 42.1 Å². The minimum Gasteiger partial charge on any atom is -0.371 e. The molecule has 0 atom stereocenters. The van der Waals surface area contributed by atoms with Crippen molar-refractivity contribution < 1.29 is 4.74 Å². The Morgan fingerprint density at radius 1 is 1.05 bits per heavy atom. The van der Waals surface area contributed by atoms with Crippen LogP contribution in [0.2, 0.25) is 0 Å². The average Bonchev–Trinajstić information content (AvgIpc) is 2.94. The first-order valence-electron chi connectivity index (χ1n) is 6.77. The first kappa shape index (κ1) is 14.3. The summed E-state index contributed by atoms with van der Waals surface area (Å²) in [6.07, 6.45) is 1.09. The highest BCUT2D eigenvalue weighted by atomic mass is 32.1. The molecule has 2 nitrogen and oxygen atoms in total. The zero-order chi connectivity index (χ0) is 13.3. The Labute approximate surface area is 119 Å². The second-order valence-electron chi connectivity index (χ2n) is 4.49. The highest BCUT2D eigenvalue weighted by Crippen LogP contribution is 2.12. The lowest BCUT2D eigenvalue weighted by atomic mass is 10.1. The van der Waals surface area contributed by atoms with Gasteiger partial charge in [-0.2, -0.15) is 0 Å². The van der Waals surface area contributed by atoms with E-state index in [0.717, 1.165) is 19.5 Å². The largest absolute Gasteiger partial charge is 0.371 e. The van der Waals surface area contributed by atoms with Crippen LogP contribution in [0.15, 0.2) is 41.8 Å². The lowest BCUT2D eigenvalue weighted by molar-refractivity contribution is 0.109. The molecular formula is C16H21NOS. The van der Waals surface area contributed by atoms with Gasteiger partial charge < -0.3 is 10.1 Å². The Balaban J connectivity index is 1.72. The lowest BCUT2D eigenvalue weighted by Crippen LogP contribution is -2.15. The molecule has 3 heteroatoms. The molecular weight excluding hydrogens is 254 g/mol. The van der Waals surface area contributed by atoms with E-state index in [1.54, 1.807) is 11.3 Å². The third kappa shape index (κ3) is 5.15. The molecule has 0 spiro atoms. The third-order valence-electron chi connectivity index (χ3n) is 2.96. The Morgan fingerprint density at radius 2 is 1.84 bits per heavy atom. The summed E-state index contributed by atoms with van der Waals surface area (Å²) < 4.78 is 5.70. The number of hydrogen-bond acceptors (Lipinski definition) is 3. The van der Waals surface area contributed by atoms with Crippen LogP contribution in [0, 0.1) is 0 Å². The van der Waals surface area contributed by atoms with Gasteiger partial charge in [-0.25, -0.2) is 0 Å². The fourth-order valence-corrected chi connectivity index (χ4v) is 2.52. The summed E-state index contributed by atoms with van der Waals surface area (Å²) in [7, 11) is 0. The van der Waals surface area contributed by atoms with Gasteiger partial charge in [-0.1, -0.05) is 37.3 Å². The average molecular weight is 275 g/mol. The van der Waals surface area contributed by atoms with E-state index in [1.807, 2.05) is 0 Å². The zero-order valence-corrected chi connectivity index (χ0v) is 12.2. The van der Waals surface area contributed by atoms with Crippen LogP contribution >= 0.6 is 11.3 Å². The van der Waals surface area contributed by atoms with Gasteiger partial charge in [-0.3, -0.25) is 0 Å². The first-order valence-corrected chi connectivity index (χ1v) is 7.65. The molecule has 1 N–H and O–H groups in total. The second kappa shape index (κ2) is 8.10. The van der Waals surface area contributed by atoms with E-state index in [-0.39, 0.29) is 0 Å². The van der Waals surface area contributed by atoms with Gasteiger partial charge in [0.2, 0.25) is 0 Å². The van der Waals surface area contributed by atoms with Crippen molar-refractivity contribution in [2.45, 2.75) is 26.6 Å². The number of benzene rings is 1. The predicted molar refractivity (Wildman–Crippen MR) is 81.5 cm³/mol. The Morgan fingerprint density at radius 3 is 2.53 bits per heavy atom. The maximum atomic E-state index is 5.70. The molecule has 2 aromatic rings. The smallest absolute Gasteiger partial charge is 0.0813 e. The van der Waals surface area contributed by atoms with Crippen molar-refractivity contribution in [2.24, 2.45) is 0 Å². The van der Waals surface area contributed by atoms with E-state index in [1.165, 1.54) is 16.0 Å². The summed E-state index contributed by atoms with van der Waals surface area (Å²) in [6.45, 7) is 5.61. The summed E-state index contributed by atoms with van der Waals surface area (Å²) in [6, 6.07) is 12.9. The second-order valence-corrected chi connectivity index (χ2v) is 5.52. The van der Waals surface area contributed by atoms with Crippen LogP contribution in [0.5, 0.6) is 0 Å². The van der Waals surface area contributed by atoms with E-state index >= 15 is 0 Å². The SMILES string of the molecule is CCNCCc1ccc(COCc2cccs2)cc1. The maximum Gasteiger partial charge on any atom is 0.0813 e. The predicted octanol–water partition coefficient (Wildman–Crippen LogP) is 3.62. The van der Waals surface area contributed by atoms with Crippen LogP contribution < -0.4 is 5.32 Å². The van der Waals surface area contributed by atoms with E-state index in [2.05, 4.69) is 54.0 Å². The molecule has 0 aliphatic carbocycles. The van der Waals surface area contributed by atoms with E-state index in [4.69, 9.17) is 4.74 Å². The number of likely N-dealkylation sites (N-methyl/N-ethyl adjacent to an activating group) is 1. The molecule has 1 aromatic heterocycles. The van der Waals surface area contributed by atoms with Crippen molar-refractivity contribution in [3.63, 3.8) is 0 Å². The van der Waals surface area contributed by atoms with E-state index in [9.17, 15) is 0 Å². The third-order valence-corrected chi connectivity index (χ3v) is 3.81. The number of ether oxygens (including phenoxy) is 1. The van der Waals surface area contributed by atoms with Crippen molar-refractivity contribution in [3.8, 4) is 0 Å². The lowest BCUT2D eigenvalue weighted by Gasteiger charge is -2.05. The summed E-state index contributed by atoms with van der Waals surface area (Å²) in [5, 5.41) is 5.42. The normalized spacial score (nSPS) is 10.8. The molecule has 0 amide bonds. The van der Waals surface area contributed by atoms with Crippen molar-refractivity contribution in [2.75, 3.05) is 13.1 Å². The van der Waals surface area contributed by atoms with E-state index < -0.39 is 0 Å². The minimum atomic E-state index is 0.686. The van der Waals surface area contributed by atoms with Gasteiger partial charge >= 0.3 is 0 Å². The van der Waals surface area contributed by atoms with Crippen LogP contribution in [0.3, 0.4) is 0 Å². The molecule has 1 heterocycles. The zero-order valence-electron chi connectivity index (χ0n) is 11.4. The number of thiophene rings is 1. The Bertz CT molecular complexity index is 450. The summed E-state index contributed by atoms with van der Waals surface area (Å²) in [5.74, 6) is 0. The molecule has 0 fully saturated rings. The fraction of sp³-hybridized carbons (Fsp3) is 0.375. The Hall–Kier alpha value is -1.16. The standard InChI is InChI=1S/C16H21NOS/c1-2-17-10-9-14-5-7-15(8-6-14)12-18-13-16-4-3-11-19-16/h3-8,11,17H,2,9-10,12-13H2,1H3. The van der Waals surface area contributed by atoms with Crippen molar-refractivity contribution in [3.05, 3.63) is 57.8 Å². The van der Waals surface area contributed by atoms with Gasteiger partial charge in [0.05, 0.1) is 13.2 Å². The number of rotatable bonds is 8. The molecule has 1 aromatic carbocycles. The van der Waals surface area contributed by atoms with Crippen molar-refractivity contribution in [1.82, 2.24) is 5.32 Å². The summed E-state index contributed by atoms with van der Waals surface area (Å²) in [5.41, 5.74) is 2.62. The number of nitrogens with one attached hydrogen (secondary N) is 1. The maximum absolute atomic E-state index is 5.70. The molecule has 0 radical (unpaired) electrons. The molecule has 0 saturated carbocycles. The molecule has 0 aliphatic heterocycles. The molecule has 19 heavy (non-hydrogen) atoms. The van der Waals surface area contributed by atoms with Gasteiger partial charge in [0.25, 0.3) is 0 Å². The van der Waals surface area contributed by atoms with Gasteiger partial charge in [0.15, 0.2) is 0 Å². The molecule has 102 valence electrons. The van der Waals surface area contributed by atoms with Crippen molar-refractivity contribution >= 4 is 11.3 Å². The van der Waals surface area contributed by atoms with Crippen LogP contribution in [0.4, 0.5) is 0 Å². The highest BCUT2D eigenvalue weighted by molar-refractivity contribution is 7.09. The summed E-state index contributed by atoms with van der Waals surface area (Å²) in [4.78, 5) is 1.28. The van der Waals surface area contributed by atoms with Gasteiger partial charge in [-0.15, -0.1) is 11.3 Å². The summed E-state index contributed by atoms with van der Waals surface area (Å²) >= 11 is 1.74. The van der Waals surface area contributed by atoms with Gasteiger partial charge in [0.1, 0.15) is 0 Å². The van der Waals surface area contributed by atoms with Crippen LogP contribution in [0.1, 0.15) is 22.9 Å². The molecule has 0 saturated heterocycles. The van der Waals surface area contributed by atoms with Gasteiger partial charge in [0, 0.05) is 4.88 Å². The quantitative estimate of drug-likeness (QED) is 0.743.